The van der Waals surface area contributed by atoms with Crippen LogP contribution in [0.25, 0.3) is 0 Å². The molecule has 0 radical (unpaired) electrons. The lowest BCUT2D eigenvalue weighted by Gasteiger charge is -2.26. The zero-order chi connectivity index (χ0) is 21.0. The molecule has 1 aromatic rings. The van der Waals surface area contributed by atoms with Crippen molar-refractivity contribution in [3.63, 3.8) is 0 Å². The molecule has 0 saturated carbocycles. The molecule has 0 fully saturated rings. The minimum atomic E-state index is -0.423. The molecule has 0 spiro atoms. The van der Waals surface area contributed by atoms with Crippen LogP contribution in [0.1, 0.15) is 32.3 Å². The van der Waals surface area contributed by atoms with E-state index in [-0.39, 0.29) is 23.3 Å². The van der Waals surface area contributed by atoms with Crippen LogP contribution in [0.15, 0.2) is 65.0 Å². The molecule has 0 saturated heterocycles. The number of halogens is 2. The van der Waals surface area contributed by atoms with Gasteiger partial charge in [-0.25, -0.2) is 4.39 Å². The van der Waals surface area contributed by atoms with Gasteiger partial charge in [-0.05, 0) is 53.8 Å². The second-order valence-electron chi connectivity index (χ2n) is 7.24. The molecule has 152 valence electrons. The molecule has 4 nitrogen and oxygen atoms in total. The van der Waals surface area contributed by atoms with E-state index in [0.29, 0.717) is 30.5 Å². The van der Waals surface area contributed by atoms with E-state index in [4.69, 9.17) is 11.6 Å². The van der Waals surface area contributed by atoms with Crippen LogP contribution in [0, 0.1) is 5.82 Å². The minimum Gasteiger partial charge on any atom is -0.352 e. The van der Waals surface area contributed by atoms with Gasteiger partial charge in [-0.3, -0.25) is 9.59 Å². The Morgan fingerprint density at radius 1 is 1.31 bits per heavy atom. The number of benzene rings is 1. The lowest BCUT2D eigenvalue weighted by molar-refractivity contribution is -0.121. The lowest BCUT2D eigenvalue weighted by atomic mass is 10.0. The van der Waals surface area contributed by atoms with Crippen molar-refractivity contribution in [1.29, 1.82) is 0 Å². The first-order valence-corrected chi connectivity index (χ1v) is 10.1. The second kappa shape index (κ2) is 9.23. The first kappa shape index (κ1) is 21.1. The smallest absolute Gasteiger partial charge is 0.220 e. The van der Waals surface area contributed by atoms with Crippen LogP contribution in [0.2, 0.25) is 5.02 Å². The highest BCUT2D eigenvalue weighted by molar-refractivity contribution is 6.30. The number of Topliss-reactive ketones (excluding diaryl/α,β-unsaturated/α-hetero) is 1. The first-order valence-electron chi connectivity index (χ1n) is 9.68. The third-order valence-electron chi connectivity index (χ3n) is 4.94. The summed E-state index contributed by atoms with van der Waals surface area (Å²) in [4.78, 5) is 26.2. The summed E-state index contributed by atoms with van der Waals surface area (Å²) in [6.45, 7) is 4.29. The van der Waals surface area contributed by atoms with Crippen molar-refractivity contribution >= 4 is 23.3 Å². The molecule has 0 bridgehead atoms. The van der Waals surface area contributed by atoms with E-state index < -0.39 is 5.82 Å². The van der Waals surface area contributed by atoms with E-state index in [1.165, 1.54) is 6.07 Å². The highest BCUT2D eigenvalue weighted by Gasteiger charge is 2.22. The Labute approximate surface area is 175 Å². The number of amides is 1. The molecular weight excluding hydrogens is 391 g/mol. The van der Waals surface area contributed by atoms with Crippen LogP contribution in [0.3, 0.4) is 0 Å². The van der Waals surface area contributed by atoms with E-state index in [1.54, 1.807) is 19.1 Å². The van der Waals surface area contributed by atoms with Gasteiger partial charge in [0.2, 0.25) is 5.91 Å². The summed E-state index contributed by atoms with van der Waals surface area (Å²) in [5.41, 5.74) is 3.76. The SMILES string of the molecule is CCCC(=O)NCC1=C2C=CC(Cc3cccc(Cl)c3F)=CN2CC(=O)C(C)=C1. The predicted octanol–water partition coefficient (Wildman–Crippen LogP) is 4.48. The summed E-state index contributed by atoms with van der Waals surface area (Å²) in [5.74, 6) is -0.424. The molecule has 1 aromatic carbocycles. The van der Waals surface area contributed by atoms with Gasteiger partial charge >= 0.3 is 0 Å². The van der Waals surface area contributed by atoms with E-state index >= 15 is 0 Å². The highest BCUT2D eigenvalue weighted by atomic mass is 35.5. The van der Waals surface area contributed by atoms with E-state index in [0.717, 1.165) is 23.3 Å². The number of fused-ring (bicyclic) bond motifs is 1. The normalized spacial score (nSPS) is 16.3. The number of hydrogen-bond donors (Lipinski definition) is 1. The van der Waals surface area contributed by atoms with Crippen LogP contribution in [0.4, 0.5) is 4.39 Å². The maximum absolute atomic E-state index is 14.3. The molecule has 1 N–H and O–H groups in total. The van der Waals surface area contributed by atoms with Crippen molar-refractivity contribution in [3.05, 3.63) is 81.4 Å². The molecule has 0 aromatic heterocycles. The van der Waals surface area contributed by atoms with Gasteiger partial charge in [-0.1, -0.05) is 36.7 Å². The highest BCUT2D eigenvalue weighted by Crippen LogP contribution is 2.27. The maximum atomic E-state index is 14.3. The number of carbonyl (C=O) groups excluding carboxylic acids is 2. The van der Waals surface area contributed by atoms with Gasteiger partial charge in [-0.15, -0.1) is 0 Å². The number of rotatable bonds is 6. The molecule has 1 amide bonds. The Balaban J connectivity index is 1.86. The van der Waals surface area contributed by atoms with Gasteiger partial charge in [0.25, 0.3) is 0 Å². The van der Waals surface area contributed by atoms with Gasteiger partial charge in [0, 0.05) is 31.3 Å². The Morgan fingerprint density at radius 2 is 2.10 bits per heavy atom. The number of allylic oxidation sites excluding steroid dienone is 3. The Bertz CT molecular complexity index is 960. The molecular formula is C23H24ClFN2O2. The van der Waals surface area contributed by atoms with E-state index in [2.05, 4.69) is 5.32 Å². The Hall–Kier alpha value is -2.66. The summed E-state index contributed by atoms with van der Waals surface area (Å²) < 4.78 is 14.3. The quantitative estimate of drug-likeness (QED) is 0.746. The fourth-order valence-corrected chi connectivity index (χ4v) is 3.57. The number of nitrogens with zero attached hydrogens (tertiary/aromatic N) is 1. The Morgan fingerprint density at radius 3 is 2.86 bits per heavy atom. The standard InChI is InChI=1S/C23H24ClFN2O2/c1-3-5-22(29)26-12-18-10-15(2)21(28)14-27-13-16(8-9-20(18)27)11-17-6-4-7-19(24)23(17)25/h4,6-10,13H,3,5,11-12,14H2,1-2H3,(H,26,29). The van der Waals surface area contributed by atoms with E-state index in [1.807, 2.05) is 36.3 Å². The summed E-state index contributed by atoms with van der Waals surface area (Å²) >= 11 is 5.88. The molecule has 2 aliphatic heterocycles. The lowest BCUT2D eigenvalue weighted by Crippen LogP contribution is -2.28. The average molecular weight is 415 g/mol. The van der Waals surface area contributed by atoms with Crippen molar-refractivity contribution in [1.82, 2.24) is 10.2 Å². The van der Waals surface area contributed by atoms with Crippen LogP contribution in [-0.4, -0.2) is 29.7 Å². The van der Waals surface area contributed by atoms with Crippen LogP contribution in [-0.2, 0) is 16.0 Å². The van der Waals surface area contributed by atoms with Gasteiger partial charge in [0.15, 0.2) is 5.78 Å². The van der Waals surface area contributed by atoms with Crippen molar-refractivity contribution < 1.29 is 14.0 Å². The fourth-order valence-electron chi connectivity index (χ4n) is 3.37. The number of carbonyl (C=O) groups is 2. The van der Waals surface area contributed by atoms with Crippen LogP contribution < -0.4 is 5.32 Å². The van der Waals surface area contributed by atoms with E-state index in [9.17, 15) is 14.0 Å². The Kier molecular flexibility index (Phi) is 6.70. The predicted molar refractivity (Wildman–Crippen MR) is 113 cm³/mol. The summed E-state index contributed by atoms with van der Waals surface area (Å²) in [7, 11) is 0. The fraction of sp³-hybridized carbons (Fsp3) is 0.304. The van der Waals surface area contributed by atoms with Gasteiger partial charge in [0.05, 0.1) is 11.6 Å². The topological polar surface area (TPSA) is 49.4 Å². The molecule has 6 heteroatoms. The van der Waals surface area contributed by atoms with Crippen molar-refractivity contribution in [2.24, 2.45) is 0 Å². The molecule has 29 heavy (non-hydrogen) atoms. The summed E-state index contributed by atoms with van der Waals surface area (Å²) in [5, 5.41) is 3.01. The summed E-state index contributed by atoms with van der Waals surface area (Å²) in [6, 6.07) is 4.95. The molecule has 2 heterocycles. The number of ketones is 1. The van der Waals surface area contributed by atoms with Crippen molar-refractivity contribution in [3.8, 4) is 0 Å². The third kappa shape index (κ3) is 5.04. The monoisotopic (exact) mass is 414 g/mol. The molecule has 0 aliphatic carbocycles. The molecule has 0 atom stereocenters. The number of hydrogen-bond acceptors (Lipinski definition) is 3. The van der Waals surface area contributed by atoms with Gasteiger partial charge in [0.1, 0.15) is 5.82 Å². The van der Waals surface area contributed by atoms with Gasteiger partial charge < -0.3 is 10.2 Å². The van der Waals surface area contributed by atoms with Gasteiger partial charge in [-0.2, -0.15) is 0 Å². The number of nitrogens with one attached hydrogen (secondary N) is 1. The third-order valence-corrected chi connectivity index (χ3v) is 5.23. The maximum Gasteiger partial charge on any atom is 0.220 e. The molecule has 2 aliphatic rings. The average Bonchev–Trinajstić information content (AvgIpc) is 2.80. The zero-order valence-electron chi connectivity index (χ0n) is 16.6. The van der Waals surface area contributed by atoms with Crippen LogP contribution >= 0.6 is 11.6 Å². The van der Waals surface area contributed by atoms with Crippen molar-refractivity contribution in [2.45, 2.75) is 33.1 Å². The summed E-state index contributed by atoms with van der Waals surface area (Å²) in [6.07, 6.45) is 9.16. The van der Waals surface area contributed by atoms with Crippen LogP contribution in [0.5, 0.6) is 0 Å². The largest absolute Gasteiger partial charge is 0.352 e. The molecule has 0 unspecified atom stereocenters. The first-order chi connectivity index (χ1) is 13.9. The van der Waals surface area contributed by atoms with Crippen molar-refractivity contribution in [2.75, 3.05) is 13.1 Å². The minimum absolute atomic E-state index is 0.0113. The second-order valence-corrected chi connectivity index (χ2v) is 7.65. The molecule has 3 rings (SSSR count). The zero-order valence-corrected chi connectivity index (χ0v) is 17.4.